The molecule has 4 aromatic carbocycles. The Morgan fingerprint density at radius 2 is 1.62 bits per heavy atom. The van der Waals surface area contributed by atoms with Crippen LogP contribution >= 0.6 is 0 Å². The van der Waals surface area contributed by atoms with E-state index < -0.39 is 29.5 Å². The number of carboxylic acid groups (broad SMARTS) is 1. The van der Waals surface area contributed by atoms with Gasteiger partial charge in [0.25, 0.3) is 0 Å². The van der Waals surface area contributed by atoms with Gasteiger partial charge >= 0.3 is 12.1 Å². The molecule has 0 radical (unpaired) electrons. The molecule has 272 valence electrons. The van der Waals surface area contributed by atoms with Gasteiger partial charge in [-0.1, -0.05) is 91.0 Å². The zero-order valence-corrected chi connectivity index (χ0v) is 30.1. The van der Waals surface area contributed by atoms with E-state index in [0.717, 1.165) is 18.5 Å². The summed E-state index contributed by atoms with van der Waals surface area (Å²) in [5, 5.41) is 15.2. The molecule has 1 amide bonds. The number of aromatic nitrogens is 1. The molecule has 6 rings (SSSR count). The Morgan fingerprint density at radius 1 is 0.942 bits per heavy atom. The summed E-state index contributed by atoms with van der Waals surface area (Å²) < 4.78 is 22.1. The first-order chi connectivity index (χ1) is 24.5. The molecular formula is C41H40FN4NiO5-. The largest absolute Gasteiger partial charge is 0.625 e. The minimum absolute atomic E-state index is 0. The third kappa shape index (κ3) is 8.84. The maximum absolute atomic E-state index is 15.4. The molecule has 2 atom stereocenters. The molecule has 1 saturated heterocycles. The number of para-hydroxylation sites is 1. The number of fused-ring (bicyclic) bond motifs is 1. The minimum Gasteiger partial charge on any atom is -0.625 e. The van der Waals surface area contributed by atoms with E-state index in [1.165, 1.54) is 22.9 Å². The molecule has 0 unspecified atom stereocenters. The van der Waals surface area contributed by atoms with Crippen molar-refractivity contribution in [3.8, 4) is 0 Å². The van der Waals surface area contributed by atoms with E-state index >= 15 is 4.39 Å². The van der Waals surface area contributed by atoms with Gasteiger partial charge in [0, 0.05) is 46.6 Å². The van der Waals surface area contributed by atoms with Crippen molar-refractivity contribution in [3.05, 3.63) is 143 Å². The summed E-state index contributed by atoms with van der Waals surface area (Å²) in [6, 6.07) is 28.7. The summed E-state index contributed by atoms with van der Waals surface area (Å²) >= 11 is 0. The number of amides is 1. The number of carbonyl (C=O) groups is 3. The van der Waals surface area contributed by atoms with E-state index in [-0.39, 0.29) is 51.3 Å². The number of carbonyl (C=O) groups excluding carboxylic acids is 2. The van der Waals surface area contributed by atoms with Crippen molar-refractivity contribution >= 4 is 40.3 Å². The number of hydrogen-bond acceptors (Lipinski definition) is 6. The Hall–Kier alpha value is -5.12. The summed E-state index contributed by atoms with van der Waals surface area (Å²) in [6.07, 6.45) is 2.04. The average Bonchev–Trinajstić information content (AvgIpc) is 3.72. The van der Waals surface area contributed by atoms with Gasteiger partial charge in [-0.05, 0) is 69.0 Å². The van der Waals surface area contributed by atoms with Crippen LogP contribution in [-0.2, 0) is 43.8 Å². The molecule has 2 heterocycles. The van der Waals surface area contributed by atoms with E-state index in [1.54, 1.807) is 51.1 Å². The number of aliphatic imine (C=N–C) groups is 1. The molecular weight excluding hydrogens is 706 g/mol. The first-order valence-corrected chi connectivity index (χ1v) is 17.0. The first-order valence-electron chi connectivity index (χ1n) is 17.0. The number of hydrogen-bond donors (Lipinski definition) is 1. The molecule has 9 nitrogen and oxygen atoms in total. The Kier molecular flexibility index (Phi) is 12.1. The fraction of sp³-hybridized carbons (Fsp3) is 0.268. The summed E-state index contributed by atoms with van der Waals surface area (Å²) in [6.45, 7) is 6.60. The van der Waals surface area contributed by atoms with Crippen molar-refractivity contribution in [3.63, 3.8) is 0 Å². The van der Waals surface area contributed by atoms with Crippen LogP contribution in [0.2, 0.25) is 0 Å². The molecule has 0 aliphatic carbocycles. The zero-order valence-electron chi connectivity index (χ0n) is 29.1. The van der Waals surface area contributed by atoms with Gasteiger partial charge in [-0.15, -0.1) is 5.69 Å². The molecule has 52 heavy (non-hydrogen) atoms. The van der Waals surface area contributed by atoms with E-state index in [1.807, 2.05) is 60.7 Å². The fourth-order valence-corrected chi connectivity index (χ4v) is 6.46. The maximum Gasteiger partial charge on any atom is 0.419 e. The molecule has 0 bridgehead atoms. The van der Waals surface area contributed by atoms with Gasteiger partial charge in [-0.2, -0.15) is 0 Å². The standard InChI is InChI=1S/C41H41FN4O5.Ni/c1-41(2,3)51-40(50)46-26-29(36-31(42)19-12-21-34(36)46)24-33(39(48)49)43-37(28-16-8-5-9-17-28)30-18-10-11-20-32(30)44-38(47)35-22-13-23-45(35)25-27-14-6-4-7-15-27;/h4-12,14-21,26,33,35H,13,22-25H2,1-3H3,(H2,43,44,47,48,49);/p-1/t33-,35-;/m0./s1. The molecule has 0 saturated carbocycles. The predicted molar refractivity (Wildman–Crippen MR) is 195 cm³/mol. The van der Waals surface area contributed by atoms with Crippen LogP contribution in [0.1, 0.15) is 55.9 Å². The molecule has 0 spiro atoms. The number of rotatable bonds is 10. The topological polar surface area (TPSA) is 115 Å². The molecule has 1 fully saturated rings. The zero-order chi connectivity index (χ0) is 36.1. The van der Waals surface area contributed by atoms with Gasteiger partial charge in [0.15, 0.2) is 6.04 Å². The van der Waals surface area contributed by atoms with Crippen LogP contribution in [0, 0.1) is 5.82 Å². The van der Waals surface area contributed by atoms with Gasteiger partial charge < -0.3 is 20.0 Å². The third-order valence-electron chi connectivity index (χ3n) is 8.74. The van der Waals surface area contributed by atoms with E-state index in [9.17, 15) is 19.5 Å². The number of nitrogens with zero attached hydrogens (tertiary/aromatic N) is 4. The number of ether oxygens (including phenoxy) is 1. The van der Waals surface area contributed by atoms with Crippen molar-refractivity contribution in [2.24, 2.45) is 4.99 Å². The molecule has 1 N–H and O–H groups in total. The monoisotopic (exact) mass is 745 g/mol. The Bertz CT molecular complexity index is 2080. The molecule has 1 aliphatic rings. The van der Waals surface area contributed by atoms with Crippen molar-refractivity contribution in [2.45, 2.75) is 64.3 Å². The van der Waals surface area contributed by atoms with Gasteiger partial charge in [0.1, 0.15) is 11.4 Å². The van der Waals surface area contributed by atoms with Gasteiger partial charge in [-0.3, -0.25) is 14.5 Å². The second-order valence-electron chi connectivity index (χ2n) is 13.6. The second-order valence-corrected chi connectivity index (χ2v) is 13.6. The number of benzene rings is 4. The van der Waals surface area contributed by atoms with Crippen LogP contribution in [0.25, 0.3) is 16.2 Å². The SMILES string of the molecule is CC(C)(C)OC(=O)n1cc(C[C@H](N=C(c2ccccc2)c2ccccc2[N-]C(=O)[C@@H]2CCCN2Cc2ccccc2)C(=O)O)c2c(F)cccc21.[Ni]. The van der Waals surface area contributed by atoms with Crippen LogP contribution in [0.5, 0.6) is 0 Å². The number of halogens is 1. The van der Waals surface area contributed by atoms with E-state index in [0.29, 0.717) is 35.5 Å². The Morgan fingerprint density at radius 3 is 2.31 bits per heavy atom. The molecule has 1 aliphatic heterocycles. The molecule has 11 heteroatoms. The quantitative estimate of drug-likeness (QED) is 0.114. The average molecular weight is 746 g/mol. The Labute approximate surface area is 312 Å². The summed E-state index contributed by atoms with van der Waals surface area (Å²) in [4.78, 5) is 46.7. The number of aliphatic carboxylic acids is 1. The summed E-state index contributed by atoms with van der Waals surface area (Å²) in [5.74, 6) is -2.12. The van der Waals surface area contributed by atoms with E-state index in [4.69, 9.17) is 9.73 Å². The second kappa shape index (κ2) is 16.5. The van der Waals surface area contributed by atoms with Gasteiger partial charge in [-0.25, -0.2) is 14.0 Å². The predicted octanol–water partition coefficient (Wildman–Crippen LogP) is 8.29. The molecule has 1 aromatic heterocycles. The summed E-state index contributed by atoms with van der Waals surface area (Å²) in [5.41, 5.74) is 2.64. The van der Waals surface area contributed by atoms with Gasteiger partial charge in [0.05, 0.1) is 23.2 Å². The first kappa shape index (κ1) is 38.1. The molecule has 5 aromatic rings. The number of carboxylic acids is 1. The van der Waals surface area contributed by atoms with Crippen LogP contribution < -0.4 is 0 Å². The maximum atomic E-state index is 15.4. The van der Waals surface area contributed by atoms with Crippen molar-refractivity contribution in [1.29, 1.82) is 0 Å². The third-order valence-corrected chi connectivity index (χ3v) is 8.74. The fourth-order valence-electron chi connectivity index (χ4n) is 6.46. The van der Waals surface area contributed by atoms with Gasteiger partial charge in [0.2, 0.25) is 0 Å². The number of likely N-dealkylation sites (tertiary alicyclic amines) is 1. The van der Waals surface area contributed by atoms with Crippen molar-refractivity contribution < 1.29 is 45.1 Å². The van der Waals surface area contributed by atoms with E-state index in [2.05, 4.69) is 10.2 Å². The van der Waals surface area contributed by atoms with Crippen molar-refractivity contribution in [1.82, 2.24) is 9.47 Å². The Balaban J connectivity index is 0.00000523. The van der Waals surface area contributed by atoms with Crippen molar-refractivity contribution in [2.75, 3.05) is 6.54 Å². The smallest absolute Gasteiger partial charge is 0.419 e. The minimum atomic E-state index is -1.39. The summed E-state index contributed by atoms with van der Waals surface area (Å²) in [7, 11) is 0. The van der Waals surface area contributed by atoms with Crippen LogP contribution in [0.15, 0.2) is 114 Å². The van der Waals surface area contributed by atoms with Crippen LogP contribution in [0.3, 0.4) is 0 Å². The van der Waals surface area contributed by atoms with Crippen LogP contribution in [0.4, 0.5) is 14.9 Å². The van der Waals surface area contributed by atoms with Crippen LogP contribution in [-0.4, -0.2) is 62.5 Å². The normalized spacial score (nSPS) is 15.5.